The van der Waals surface area contributed by atoms with E-state index in [9.17, 15) is 0 Å². The van der Waals surface area contributed by atoms with E-state index in [-0.39, 0.29) is 0 Å². The molecule has 18 heavy (non-hydrogen) atoms. The monoisotopic (exact) mass is 391 g/mol. The maximum absolute atomic E-state index is 5.88. The highest BCUT2D eigenvalue weighted by Crippen LogP contribution is 2.32. The minimum atomic E-state index is 0.498. The van der Waals surface area contributed by atoms with Crippen LogP contribution in [0.1, 0.15) is 0 Å². The number of nitrogens with one attached hydrogen (secondary N) is 2. The van der Waals surface area contributed by atoms with Crippen LogP contribution in [-0.4, -0.2) is 9.97 Å². The highest BCUT2D eigenvalue weighted by molar-refractivity contribution is 9.11. The van der Waals surface area contributed by atoms with Gasteiger partial charge in [-0.1, -0.05) is 11.6 Å². The van der Waals surface area contributed by atoms with E-state index in [1.807, 2.05) is 6.07 Å². The van der Waals surface area contributed by atoms with Gasteiger partial charge in [0.25, 0.3) is 0 Å². The minimum Gasteiger partial charge on any atom is -0.338 e. The van der Waals surface area contributed by atoms with E-state index in [0.29, 0.717) is 21.1 Å². The van der Waals surface area contributed by atoms with Crippen LogP contribution in [0.5, 0.6) is 0 Å². The number of benzene rings is 1. The summed E-state index contributed by atoms with van der Waals surface area (Å²) in [5.41, 5.74) is 3.31. The zero-order valence-corrected chi connectivity index (χ0v) is 12.8. The molecule has 8 heteroatoms. The lowest BCUT2D eigenvalue weighted by atomic mass is 10.3. The molecule has 0 aliphatic carbocycles. The predicted octanol–water partition coefficient (Wildman–Crippen LogP) is 3.68. The third-order valence-electron chi connectivity index (χ3n) is 2.11. The summed E-state index contributed by atoms with van der Waals surface area (Å²) in [6.07, 6.45) is 1.41. The number of hydrogen-bond donors (Lipinski definition) is 3. The Bertz CT molecular complexity index is 578. The molecule has 0 radical (unpaired) electrons. The molecule has 94 valence electrons. The van der Waals surface area contributed by atoms with Crippen molar-refractivity contribution in [3.8, 4) is 0 Å². The summed E-state index contributed by atoms with van der Waals surface area (Å²) in [5.74, 6) is 6.43. The molecule has 0 spiro atoms. The molecular weight excluding hydrogens is 385 g/mol. The molecule has 0 aliphatic heterocycles. The number of nitrogens with zero attached hydrogens (tertiary/aromatic N) is 2. The van der Waals surface area contributed by atoms with E-state index < -0.39 is 0 Å². The molecule has 1 aromatic heterocycles. The van der Waals surface area contributed by atoms with E-state index in [0.717, 1.165) is 10.2 Å². The van der Waals surface area contributed by atoms with Gasteiger partial charge in [0.05, 0.1) is 5.69 Å². The van der Waals surface area contributed by atoms with Gasteiger partial charge in [0.15, 0.2) is 5.82 Å². The van der Waals surface area contributed by atoms with Crippen molar-refractivity contribution in [2.24, 2.45) is 5.84 Å². The van der Waals surface area contributed by atoms with Crippen molar-refractivity contribution < 1.29 is 0 Å². The molecule has 2 aromatic rings. The van der Waals surface area contributed by atoms with Crippen LogP contribution in [0.15, 0.2) is 33.5 Å². The summed E-state index contributed by atoms with van der Waals surface area (Å²) >= 11 is 12.7. The van der Waals surface area contributed by atoms with Crippen molar-refractivity contribution in [1.29, 1.82) is 0 Å². The zero-order valence-electron chi connectivity index (χ0n) is 8.92. The number of hydrazine groups is 1. The maximum Gasteiger partial charge on any atom is 0.159 e. The van der Waals surface area contributed by atoms with Crippen molar-refractivity contribution >= 4 is 60.8 Å². The predicted molar refractivity (Wildman–Crippen MR) is 80.0 cm³/mol. The topological polar surface area (TPSA) is 75.9 Å². The number of nitrogens with two attached hydrogens (primary N) is 1. The van der Waals surface area contributed by atoms with Crippen LogP contribution in [0.3, 0.4) is 0 Å². The van der Waals surface area contributed by atoms with E-state index in [4.69, 9.17) is 17.4 Å². The SMILES string of the molecule is NNc1ncnc(Nc2ccc(Cl)cc2Br)c1Br. The van der Waals surface area contributed by atoms with Crippen LogP contribution in [-0.2, 0) is 0 Å². The fourth-order valence-corrected chi connectivity index (χ4v) is 2.48. The third-order valence-corrected chi connectivity index (χ3v) is 3.75. The van der Waals surface area contributed by atoms with Crippen LogP contribution in [0.2, 0.25) is 5.02 Å². The van der Waals surface area contributed by atoms with Gasteiger partial charge >= 0.3 is 0 Å². The second-order valence-electron chi connectivity index (χ2n) is 3.28. The molecule has 0 atom stereocenters. The fourth-order valence-electron chi connectivity index (χ4n) is 1.28. The van der Waals surface area contributed by atoms with Gasteiger partial charge in [0, 0.05) is 9.50 Å². The van der Waals surface area contributed by atoms with Crippen LogP contribution < -0.4 is 16.6 Å². The van der Waals surface area contributed by atoms with Gasteiger partial charge in [-0.25, -0.2) is 15.8 Å². The molecule has 1 heterocycles. The summed E-state index contributed by atoms with van der Waals surface area (Å²) in [5, 5.41) is 3.79. The average molecular weight is 393 g/mol. The van der Waals surface area contributed by atoms with Crippen molar-refractivity contribution in [2.75, 3.05) is 10.7 Å². The lowest BCUT2D eigenvalue weighted by Crippen LogP contribution is -2.10. The molecule has 0 unspecified atom stereocenters. The highest BCUT2D eigenvalue weighted by Gasteiger charge is 2.09. The van der Waals surface area contributed by atoms with Gasteiger partial charge in [0.2, 0.25) is 0 Å². The van der Waals surface area contributed by atoms with Gasteiger partial charge in [-0.15, -0.1) is 0 Å². The first kappa shape index (κ1) is 13.5. The lowest BCUT2D eigenvalue weighted by molar-refractivity contribution is 1.12. The Hall–Kier alpha value is -0.890. The van der Waals surface area contributed by atoms with Gasteiger partial charge in [0.1, 0.15) is 16.6 Å². The molecule has 0 saturated carbocycles. The van der Waals surface area contributed by atoms with Gasteiger partial charge in [-0.2, -0.15) is 0 Å². The molecule has 5 nitrogen and oxygen atoms in total. The number of aromatic nitrogens is 2. The smallest absolute Gasteiger partial charge is 0.159 e. The normalized spacial score (nSPS) is 10.2. The second-order valence-corrected chi connectivity index (χ2v) is 5.36. The Morgan fingerprint density at radius 3 is 2.56 bits per heavy atom. The zero-order chi connectivity index (χ0) is 13.1. The number of hydrogen-bond acceptors (Lipinski definition) is 5. The molecule has 0 bridgehead atoms. The lowest BCUT2D eigenvalue weighted by Gasteiger charge is -2.11. The maximum atomic E-state index is 5.88. The number of anilines is 3. The molecule has 0 fully saturated rings. The first-order chi connectivity index (χ1) is 8.61. The third kappa shape index (κ3) is 2.92. The van der Waals surface area contributed by atoms with Crippen molar-refractivity contribution in [3.63, 3.8) is 0 Å². The molecule has 4 N–H and O–H groups in total. The summed E-state index contributed by atoms with van der Waals surface area (Å²) in [7, 11) is 0. The van der Waals surface area contributed by atoms with Crippen molar-refractivity contribution in [3.05, 3.63) is 38.5 Å². The van der Waals surface area contributed by atoms with E-state index in [1.165, 1.54) is 6.33 Å². The Balaban J connectivity index is 2.34. The van der Waals surface area contributed by atoms with Gasteiger partial charge in [-0.3, -0.25) is 0 Å². The Labute approximate surface area is 125 Å². The number of halogens is 3. The molecule has 1 aromatic carbocycles. The van der Waals surface area contributed by atoms with Crippen LogP contribution in [0, 0.1) is 0 Å². The quantitative estimate of drug-likeness (QED) is 0.548. The number of nitrogen functional groups attached to an aromatic ring is 1. The number of rotatable bonds is 3. The average Bonchev–Trinajstić information content (AvgIpc) is 2.35. The van der Waals surface area contributed by atoms with Crippen LogP contribution >= 0.6 is 43.5 Å². The first-order valence-electron chi connectivity index (χ1n) is 4.81. The molecule has 2 rings (SSSR count). The van der Waals surface area contributed by atoms with Crippen molar-refractivity contribution in [2.45, 2.75) is 0 Å². The Kier molecular flexibility index (Phi) is 4.39. The van der Waals surface area contributed by atoms with E-state index in [2.05, 4.69) is 52.6 Å². The van der Waals surface area contributed by atoms with Gasteiger partial charge in [-0.05, 0) is 50.1 Å². The standard InChI is InChI=1S/C10H8Br2ClN5/c11-6-3-5(13)1-2-7(6)17-9-8(12)10(18-14)16-4-15-9/h1-4H,14H2,(H2,15,16,17,18). The molecular formula is C10H8Br2ClN5. The summed E-state index contributed by atoms with van der Waals surface area (Å²) < 4.78 is 1.48. The van der Waals surface area contributed by atoms with Gasteiger partial charge < -0.3 is 10.7 Å². The molecule has 0 saturated heterocycles. The van der Waals surface area contributed by atoms with Crippen molar-refractivity contribution in [1.82, 2.24) is 9.97 Å². The minimum absolute atomic E-state index is 0.498. The summed E-state index contributed by atoms with van der Waals surface area (Å²) in [4.78, 5) is 8.10. The van der Waals surface area contributed by atoms with Crippen LogP contribution in [0.25, 0.3) is 0 Å². The second kappa shape index (κ2) is 5.83. The first-order valence-corrected chi connectivity index (χ1v) is 6.77. The Morgan fingerprint density at radius 2 is 1.89 bits per heavy atom. The van der Waals surface area contributed by atoms with Crippen LogP contribution in [0.4, 0.5) is 17.3 Å². The van der Waals surface area contributed by atoms with E-state index >= 15 is 0 Å². The Morgan fingerprint density at radius 1 is 1.17 bits per heavy atom. The largest absolute Gasteiger partial charge is 0.338 e. The fraction of sp³-hybridized carbons (Fsp3) is 0. The summed E-state index contributed by atoms with van der Waals surface area (Å²) in [6.45, 7) is 0. The van der Waals surface area contributed by atoms with E-state index in [1.54, 1.807) is 12.1 Å². The highest BCUT2D eigenvalue weighted by atomic mass is 79.9. The molecule has 0 aliphatic rings. The summed E-state index contributed by atoms with van der Waals surface area (Å²) in [6, 6.07) is 5.42. The molecule has 0 amide bonds.